The number of hydrogen-bond acceptors (Lipinski definition) is 4. The van der Waals surface area contributed by atoms with Crippen molar-refractivity contribution < 1.29 is 4.79 Å². The Morgan fingerprint density at radius 1 is 1.10 bits per heavy atom. The molecular formula is C16H18N4O. The van der Waals surface area contributed by atoms with Crippen molar-refractivity contribution in [3.63, 3.8) is 0 Å². The molecule has 5 heteroatoms. The summed E-state index contributed by atoms with van der Waals surface area (Å²) in [6.07, 6.45) is 8.78. The van der Waals surface area contributed by atoms with Gasteiger partial charge in [0, 0.05) is 25.5 Å². The van der Waals surface area contributed by atoms with Crippen LogP contribution in [0.5, 0.6) is 0 Å². The highest BCUT2D eigenvalue weighted by Gasteiger charge is 2.12. The third-order valence-corrected chi connectivity index (χ3v) is 3.63. The van der Waals surface area contributed by atoms with Gasteiger partial charge in [-0.15, -0.1) is 0 Å². The number of piperidine rings is 1. The molecule has 1 fully saturated rings. The summed E-state index contributed by atoms with van der Waals surface area (Å²) >= 11 is 0. The summed E-state index contributed by atoms with van der Waals surface area (Å²) in [5.74, 6) is 0.367. The highest BCUT2D eigenvalue weighted by Crippen LogP contribution is 2.20. The van der Waals surface area contributed by atoms with Crippen molar-refractivity contribution in [2.75, 3.05) is 23.3 Å². The first kappa shape index (κ1) is 13.5. The monoisotopic (exact) mass is 282 g/mol. The number of pyridine rings is 2. The second kappa shape index (κ2) is 6.35. The topological polar surface area (TPSA) is 58.1 Å². The van der Waals surface area contributed by atoms with Gasteiger partial charge in [-0.3, -0.25) is 9.78 Å². The molecule has 0 unspecified atom stereocenters. The molecule has 1 aliphatic heterocycles. The van der Waals surface area contributed by atoms with E-state index in [1.807, 2.05) is 18.3 Å². The number of nitrogens with one attached hydrogen (secondary N) is 1. The van der Waals surface area contributed by atoms with Gasteiger partial charge in [-0.2, -0.15) is 0 Å². The highest BCUT2D eigenvalue weighted by atomic mass is 16.1. The molecule has 3 heterocycles. The van der Waals surface area contributed by atoms with Gasteiger partial charge in [0.2, 0.25) is 0 Å². The number of carbonyl (C=O) groups excluding carboxylic acids is 1. The lowest BCUT2D eigenvalue weighted by Crippen LogP contribution is -2.29. The van der Waals surface area contributed by atoms with Crippen LogP contribution in [0.3, 0.4) is 0 Å². The van der Waals surface area contributed by atoms with Crippen LogP contribution in [0.15, 0.2) is 42.9 Å². The fourth-order valence-corrected chi connectivity index (χ4v) is 2.48. The molecular weight excluding hydrogens is 264 g/mol. The van der Waals surface area contributed by atoms with E-state index in [1.165, 1.54) is 25.5 Å². The smallest absolute Gasteiger partial charge is 0.258 e. The van der Waals surface area contributed by atoms with Gasteiger partial charge in [0.1, 0.15) is 5.82 Å². The fraction of sp³-hybridized carbons (Fsp3) is 0.312. The van der Waals surface area contributed by atoms with Crippen molar-refractivity contribution in [3.8, 4) is 0 Å². The minimum atomic E-state index is -0.193. The third-order valence-electron chi connectivity index (χ3n) is 3.63. The Hall–Kier alpha value is -2.43. The average Bonchev–Trinajstić information content (AvgIpc) is 2.57. The van der Waals surface area contributed by atoms with E-state index >= 15 is 0 Å². The largest absolute Gasteiger partial charge is 0.370 e. The molecule has 0 aromatic carbocycles. The number of carbonyl (C=O) groups is 1. The van der Waals surface area contributed by atoms with Crippen molar-refractivity contribution >= 4 is 17.4 Å². The van der Waals surface area contributed by atoms with E-state index in [2.05, 4.69) is 20.2 Å². The first-order valence-corrected chi connectivity index (χ1v) is 7.25. The van der Waals surface area contributed by atoms with Gasteiger partial charge < -0.3 is 10.2 Å². The van der Waals surface area contributed by atoms with Crippen LogP contribution in [0, 0.1) is 0 Å². The maximum absolute atomic E-state index is 12.0. The first-order valence-electron chi connectivity index (χ1n) is 7.25. The van der Waals surface area contributed by atoms with E-state index in [9.17, 15) is 4.79 Å². The zero-order valence-corrected chi connectivity index (χ0v) is 11.8. The van der Waals surface area contributed by atoms with Gasteiger partial charge >= 0.3 is 0 Å². The summed E-state index contributed by atoms with van der Waals surface area (Å²) in [7, 11) is 0. The molecule has 3 rings (SSSR count). The van der Waals surface area contributed by atoms with Crippen molar-refractivity contribution in [2.24, 2.45) is 0 Å². The van der Waals surface area contributed by atoms with E-state index in [0.29, 0.717) is 11.4 Å². The maximum Gasteiger partial charge on any atom is 0.258 e. The molecule has 1 saturated heterocycles. The average molecular weight is 282 g/mol. The summed E-state index contributed by atoms with van der Waals surface area (Å²) in [5, 5.41) is 2.78. The highest BCUT2D eigenvalue weighted by molar-refractivity contribution is 6.03. The second-order valence-electron chi connectivity index (χ2n) is 5.15. The van der Waals surface area contributed by atoms with Crippen molar-refractivity contribution in [1.29, 1.82) is 0 Å². The molecule has 0 bridgehead atoms. The molecule has 0 saturated carbocycles. The summed E-state index contributed by atoms with van der Waals surface area (Å²) in [6.45, 7) is 2.17. The zero-order chi connectivity index (χ0) is 14.5. The van der Waals surface area contributed by atoms with Crippen LogP contribution < -0.4 is 10.2 Å². The molecule has 0 spiro atoms. The summed E-state index contributed by atoms with van der Waals surface area (Å²) in [4.78, 5) is 22.6. The van der Waals surface area contributed by atoms with E-state index < -0.39 is 0 Å². The maximum atomic E-state index is 12.0. The van der Waals surface area contributed by atoms with Gasteiger partial charge in [0.25, 0.3) is 5.91 Å². The molecule has 108 valence electrons. The molecule has 1 N–H and O–H groups in total. The lowest BCUT2D eigenvalue weighted by atomic mass is 10.1. The van der Waals surface area contributed by atoms with Gasteiger partial charge in [0.05, 0.1) is 17.4 Å². The van der Waals surface area contributed by atoms with E-state index in [4.69, 9.17) is 0 Å². The van der Waals surface area contributed by atoms with Gasteiger partial charge in [-0.1, -0.05) is 0 Å². The zero-order valence-electron chi connectivity index (χ0n) is 11.8. The van der Waals surface area contributed by atoms with Crippen LogP contribution in [0.1, 0.15) is 29.6 Å². The second-order valence-corrected chi connectivity index (χ2v) is 5.15. The third kappa shape index (κ3) is 3.37. The van der Waals surface area contributed by atoms with Crippen LogP contribution in [-0.4, -0.2) is 29.0 Å². The molecule has 1 aliphatic rings. The summed E-state index contributed by atoms with van der Waals surface area (Å²) in [5.41, 5.74) is 1.65. The van der Waals surface area contributed by atoms with Crippen LogP contribution in [0.2, 0.25) is 0 Å². The summed E-state index contributed by atoms with van der Waals surface area (Å²) < 4.78 is 0. The Bertz CT molecular complexity index is 591. The number of anilines is 2. The van der Waals surface area contributed by atoms with Crippen LogP contribution in [0.4, 0.5) is 11.5 Å². The SMILES string of the molecule is O=C(Nc1ccc(N2CCCCC2)cn1)c1cccnc1. The van der Waals surface area contributed by atoms with Crippen LogP contribution >= 0.6 is 0 Å². The predicted octanol–water partition coefficient (Wildman–Crippen LogP) is 2.72. The quantitative estimate of drug-likeness (QED) is 0.940. The minimum absolute atomic E-state index is 0.193. The minimum Gasteiger partial charge on any atom is -0.370 e. The Balaban J connectivity index is 1.65. The number of hydrogen-bond donors (Lipinski definition) is 1. The Labute approximate surface area is 124 Å². The number of nitrogens with zero attached hydrogens (tertiary/aromatic N) is 3. The lowest BCUT2D eigenvalue weighted by molar-refractivity contribution is 0.102. The van der Waals surface area contributed by atoms with Gasteiger partial charge in [-0.25, -0.2) is 4.98 Å². The lowest BCUT2D eigenvalue weighted by Gasteiger charge is -2.28. The molecule has 2 aromatic heterocycles. The van der Waals surface area contributed by atoms with Crippen molar-refractivity contribution in [1.82, 2.24) is 9.97 Å². The Kier molecular flexibility index (Phi) is 4.09. The van der Waals surface area contributed by atoms with E-state index in [1.54, 1.807) is 18.3 Å². The number of rotatable bonds is 3. The Morgan fingerprint density at radius 3 is 2.62 bits per heavy atom. The fourth-order valence-electron chi connectivity index (χ4n) is 2.48. The van der Waals surface area contributed by atoms with Crippen LogP contribution in [-0.2, 0) is 0 Å². The molecule has 21 heavy (non-hydrogen) atoms. The van der Waals surface area contributed by atoms with Crippen LogP contribution in [0.25, 0.3) is 0 Å². The van der Waals surface area contributed by atoms with Crippen molar-refractivity contribution in [2.45, 2.75) is 19.3 Å². The van der Waals surface area contributed by atoms with E-state index in [0.717, 1.165) is 18.8 Å². The standard InChI is InChI=1S/C16H18N4O/c21-16(13-5-4-8-17-11-13)19-15-7-6-14(12-18-15)20-9-2-1-3-10-20/h4-8,11-12H,1-3,9-10H2,(H,18,19,21). The molecule has 2 aromatic rings. The Morgan fingerprint density at radius 2 is 1.95 bits per heavy atom. The normalized spacial score (nSPS) is 14.8. The number of amides is 1. The molecule has 5 nitrogen and oxygen atoms in total. The predicted molar refractivity (Wildman–Crippen MR) is 82.5 cm³/mol. The molecule has 0 atom stereocenters. The first-order chi connectivity index (χ1) is 10.3. The molecule has 0 aliphatic carbocycles. The summed E-state index contributed by atoms with van der Waals surface area (Å²) in [6, 6.07) is 7.32. The number of aromatic nitrogens is 2. The molecule has 0 radical (unpaired) electrons. The van der Waals surface area contributed by atoms with E-state index in [-0.39, 0.29) is 5.91 Å². The van der Waals surface area contributed by atoms with Gasteiger partial charge in [0.15, 0.2) is 0 Å². The van der Waals surface area contributed by atoms with Gasteiger partial charge in [-0.05, 0) is 43.5 Å². The van der Waals surface area contributed by atoms with Crippen molar-refractivity contribution in [3.05, 3.63) is 48.4 Å². The molecule has 1 amide bonds.